The molecule has 8 nitrogen and oxygen atoms in total. The predicted molar refractivity (Wildman–Crippen MR) is 132 cm³/mol. The van der Waals surface area contributed by atoms with Crippen LogP contribution in [-0.4, -0.2) is 49.4 Å². The number of allylic oxidation sites excluding steroid dienone is 1. The van der Waals surface area contributed by atoms with E-state index in [2.05, 4.69) is 16.0 Å². The Morgan fingerprint density at radius 3 is 2.21 bits per heavy atom. The largest absolute Gasteiger partial charge is 0.460 e. The highest BCUT2D eigenvalue weighted by atomic mass is 35.5. The zero-order valence-electron chi connectivity index (χ0n) is 18.5. The molecule has 0 saturated carbocycles. The Kier molecular flexibility index (Phi) is 8.26. The minimum Gasteiger partial charge on any atom is -0.460 e. The summed E-state index contributed by atoms with van der Waals surface area (Å²) in [6, 6.07) is 13.1. The topological polar surface area (TPSA) is 91.9 Å². The van der Waals surface area contributed by atoms with Gasteiger partial charge in [-0.3, -0.25) is 0 Å². The van der Waals surface area contributed by atoms with Crippen LogP contribution in [0.4, 0.5) is 16.2 Å². The van der Waals surface area contributed by atoms with Crippen LogP contribution in [0.15, 0.2) is 59.8 Å². The molecule has 0 radical (unpaired) electrons. The molecule has 174 valence electrons. The van der Waals surface area contributed by atoms with Gasteiger partial charge in [-0.05, 0) is 61.1 Å². The Morgan fingerprint density at radius 2 is 1.64 bits per heavy atom. The molecular weight excluding hydrogens is 464 g/mol. The lowest BCUT2D eigenvalue weighted by Gasteiger charge is -2.35. The van der Waals surface area contributed by atoms with Gasteiger partial charge < -0.3 is 30.3 Å². The van der Waals surface area contributed by atoms with Crippen LogP contribution in [0.2, 0.25) is 5.02 Å². The molecule has 0 saturated heterocycles. The summed E-state index contributed by atoms with van der Waals surface area (Å²) in [5.74, 6) is -0.444. The van der Waals surface area contributed by atoms with Gasteiger partial charge >= 0.3 is 12.0 Å². The second kappa shape index (κ2) is 11.1. The van der Waals surface area contributed by atoms with E-state index in [1.165, 1.54) is 0 Å². The molecule has 1 heterocycles. The van der Waals surface area contributed by atoms with E-state index in [0.29, 0.717) is 39.4 Å². The number of anilines is 2. The van der Waals surface area contributed by atoms with E-state index >= 15 is 0 Å². The molecule has 3 rings (SSSR count). The van der Waals surface area contributed by atoms with Gasteiger partial charge in [-0.15, -0.1) is 0 Å². The summed E-state index contributed by atoms with van der Waals surface area (Å²) in [4.78, 5) is 26.8. The molecule has 0 bridgehead atoms. The molecule has 2 aromatic rings. The van der Waals surface area contributed by atoms with Crippen molar-refractivity contribution in [2.75, 3.05) is 38.0 Å². The first-order chi connectivity index (χ1) is 15.8. The normalized spacial score (nSPS) is 15.7. The van der Waals surface area contributed by atoms with Crippen LogP contribution in [0.25, 0.3) is 0 Å². The molecule has 0 fully saturated rings. The Labute approximate surface area is 202 Å². The number of hydrogen-bond acceptors (Lipinski definition) is 5. The molecule has 1 aliphatic heterocycles. The van der Waals surface area contributed by atoms with E-state index < -0.39 is 12.0 Å². The molecule has 10 heteroatoms. The number of halogens is 1. The minimum atomic E-state index is -0.485. The van der Waals surface area contributed by atoms with Crippen molar-refractivity contribution in [1.82, 2.24) is 10.2 Å². The van der Waals surface area contributed by atoms with Gasteiger partial charge in [0.25, 0.3) is 0 Å². The molecule has 1 aliphatic rings. The summed E-state index contributed by atoms with van der Waals surface area (Å²) in [7, 11) is 3.33. The lowest BCUT2D eigenvalue weighted by Crippen LogP contribution is -2.46. The third-order valence-electron chi connectivity index (χ3n) is 5.10. The van der Waals surface area contributed by atoms with Crippen molar-refractivity contribution in [1.29, 1.82) is 0 Å². The second-order valence-corrected chi connectivity index (χ2v) is 8.10. The van der Waals surface area contributed by atoms with Crippen LogP contribution in [-0.2, 0) is 14.3 Å². The fourth-order valence-electron chi connectivity index (χ4n) is 3.23. The van der Waals surface area contributed by atoms with E-state index in [-0.39, 0.29) is 12.6 Å². The number of carbonyl (C=O) groups is 2. The van der Waals surface area contributed by atoms with E-state index in [4.69, 9.17) is 33.3 Å². The van der Waals surface area contributed by atoms with E-state index in [1.54, 1.807) is 55.5 Å². The van der Waals surface area contributed by atoms with Crippen molar-refractivity contribution in [3.8, 4) is 0 Å². The maximum atomic E-state index is 12.8. The number of benzene rings is 2. The molecular formula is C23H25ClN4O4S. The molecule has 0 spiro atoms. The number of nitrogens with zero attached hydrogens (tertiary/aromatic N) is 1. The summed E-state index contributed by atoms with van der Waals surface area (Å²) >= 11 is 11.3. The van der Waals surface area contributed by atoms with Crippen molar-refractivity contribution < 1.29 is 19.1 Å². The van der Waals surface area contributed by atoms with Crippen molar-refractivity contribution in [3.05, 3.63) is 70.4 Å². The number of thiocarbonyl (C=S) groups is 1. The quantitative estimate of drug-likeness (QED) is 0.304. The van der Waals surface area contributed by atoms with E-state index in [0.717, 1.165) is 5.56 Å². The SMILES string of the molecule is COCCOC(=O)C1=C(C)N(C)C(=S)NC1c1ccc(NC(=O)Nc2ccc(Cl)cc2)cc1. The fourth-order valence-corrected chi connectivity index (χ4v) is 3.61. The van der Waals surface area contributed by atoms with Crippen molar-refractivity contribution in [2.24, 2.45) is 0 Å². The fraction of sp³-hybridized carbons (Fsp3) is 0.261. The second-order valence-electron chi connectivity index (χ2n) is 7.28. The molecule has 2 aromatic carbocycles. The first-order valence-corrected chi connectivity index (χ1v) is 10.9. The van der Waals surface area contributed by atoms with Crippen LogP contribution >= 0.6 is 23.8 Å². The van der Waals surface area contributed by atoms with Gasteiger partial charge in [0.2, 0.25) is 0 Å². The number of methoxy groups -OCH3 is 1. The van der Waals surface area contributed by atoms with Crippen LogP contribution in [0, 0.1) is 0 Å². The Balaban J connectivity index is 1.74. The standard InChI is InChI=1S/C23H25ClN4O4S/c1-14-19(21(29)32-13-12-31-3)20(27-23(33)28(14)2)15-4-8-17(9-5-15)25-22(30)26-18-10-6-16(24)7-11-18/h4-11,20H,12-13H2,1-3H3,(H,27,33)(H2,25,26,30). The van der Waals surface area contributed by atoms with E-state index in [1.807, 2.05) is 19.1 Å². The molecule has 3 N–H and O–H groups in total. The summed E-state index contributed by atoms with van der Waals surface area (Å²) < 4.78 is 10.3. The third-order valence-corrected chi connectivity index (χ3v) is 5.74. The summed E-state index contributed by atoms with van der Waals surface area (Å²) in [6.07, 6.45) is 0. The lowest BCUT2D eigenvalue weighted by molar-refractivity contribution is -0.140. The van der Waals surface area contributed by atoms with Gasteiger partial charge in [0.05, 0.1) is 18.2 Å². The van der Waals surface area contributed by atoms with Gasteiger partial charge in [-0.2, -0.15) is 0 Å². The van der Waals surface area contributed by atoms with Gasteiger partial charge in [-0.1, -0.05) is 23.7 Å². The van der Waals surface area contributed by atoms with Gasteiger partial charge in [-0.25, -0.2) is 9.59 Å². The first-order valence-electron chi connectivity index (χ1n) is 10.1. The molecule has 0 aliphatic carbocycles. The first kappa shape index (κ1) is 24.5. The van der Waals surface area contributed by atoms with Crippen LogP contribution in [0.1, 0.15) is 18.5 Å². The van der Waals surface area contributed by atoms with Gasteiger partial charge in [0, 0.05) is 36.3 Å². The number of rotatable bonds is 7. The average molecular weight is 489 g/mol. The van der Waals surface area contributed by atoms with Gasteiger partial charge in [0.1, 0.15) is 6.61 Å². The van der Waals surface area contributed by atoms with Crippen LogP contribution in [0.3, 0.4) is 0 Å². The highest BCUT2D eigenvalue weighted by molar-refractivity contribution is 7.80. The summed E-state index contributed by atoms with van der Waals surface area (Å²) in [6.45, 7) is 2.28. The predicted octanol–water partition coefficient (Wildman–Crippen LogP) is 4.31. The lowest BCUT2D eigenvalue weighted by atomic mass is 9.95. The number of ether oxygens (including phenoxy) is 2. The van der Waals surface area contributed by atoms with Crippen LogP contribution < -0.4 is 16.0 Å². The number of nitrogens with one attached hydrogen (secondary N) is 3. The minimum absolute atomic E-state index is 0.151. The maximum Gasteiger partial charge on any atom is 0.338 e. The smallest absolute Gasteiger partial charge is 0.338 e. The highest BCUT2D eigenvalue weighted by Crippen LogP contribution is 2.31. The number of carbonyl (C=O) groups excluding carboxylic acids is 2. The third kappa shape index (κ3) is 6.22. The summed E-state index contributed by atoms with van der Waals surface area (Å²) in [5.41, 5.74) is 3.17. The van der Waals surface area contributed by atoms with Crippen molar-refractivity contribution >= 4 is 52.3 Å². The zero-order valence-corrected chi connectivity index (χ0v) is 20.0. The molecule has 2 amide bonds. The van der Waals surface area contributed by atoms with Crippen LogP contribution in [0.5, 0.6) is 0 Å². The number of urea groups is 1. The maximum absolute atomic E-state index is 12.8. The average Bonchev–Trinajstić information content (AvgIpc) is 2.79. The molecule has 1 unspecified atom stereocenters. The number of hydrogen-bond donors (Lipinski definition) is 3. The molecule has 1 atom stereocenters. The summed E-state index contributed by atoms with van der Waals surface area (Å²) in [5, 5.41) is 9.78. The molecule has 0 aromatic heterocycles. The number of amides is 2. The monoisotopic (exact) mass is 488 g/mol. The Morgan fingerprint density at radius 1 is 1.06 bits per heavy atom. The highest BCUT2D eigenvalue weighted by Gasteiger charge is 2.33. The van der Waals surface area contributed by atoms with Crippen molar-refractivity contribution in [3.63, 3.8) is 0 Å². The zero-order chi connectivity index (χ0) is 24.0. The Hall–Kier alpha value is -3.14. The molecule has 33 heavy (non-hydrogen) atoms. The Bertz CT molecular complexity index is 1060. The number of esters is 1. The van der Waals surface area contributed by atoms with E-state index in [9.17, 15) is 9.59 Å². The van der Waals surface area contributed by atoms with Crippen molar-refractivity contribution in [2.45, 2.75) is 13.0 Å². The van der Waals surface area contributed by atoms with Gasteiger partial charge in [0.15, 0.2) is 5.11 Å².